The largest absolute Gasteiger partial charge is 0.317 e. The van der Waals surface area contributed by atoms with Crippen LogP contribution in [0.15, 0.2) is 0 Å². The third kappa shape index (κ3) is 5.72. The minimum atomic E-state index is 0. The Morgan fingerprint density at radius 3 is 1.25 bits per heavy atom. The Kier molecular flexibility index (Phi) is 9.82. The Hall–Kier alpha value is 0.500. The molecule has 98 valence electrons. The van der Waals surface area contributed by atoms with Crippen molar-refractivity contribution in [3.05, 3.63) is 0 Å². The van der Waals surface area contributed by atoms with Crippen LogP contribution in [-0.2, 0) is 0 Å². The van der Waals surface area contributed by atoms with E-state index in [2.05, 4.69) is 10.6 Å². The Morgan fingerprint density at radius 1 is 0.625 bits per heavy atom. The fourth-order valence-electron chi connectivity index (χ4n) is 2.81. The Bertz CT molecular complexity index is 137. The van der Waals surface area contributed by atoms with E-state index in [0.29, 0.717) is 0 Å². The molecular formula is C12H26Cl2N2. The smallest absolute Gasteiger partial charge is 0.00463 e. The highest BCUT2D eigenvalue weighted by molar-refractivity contribution is 5.85. The molecule has 0 bridgehead atoms. The minimum absolute atomic E-state index is 0. The highest BCUT2D eigenvalue weighted by atomic mass is 35.5. The molecule has 0 saturated carbocycles. The molecule has 0 aromatic heterocycles. The van der Waals surface area contributed by atoms with Gasteiger partial charge >= 0.3 is 0 Å². The summed E-state index contributed by atoms with van der Waals surface area (Å²) in [6, 6.07) is 0. The number of halogens is 2. The second-order valence-electron chi connectivity index (χ2n) is 4.96. The van der Waals surface area contributed by atoms with E-state index in [-0.39, 0.29) is 24.8 Å². The average Bonchev–Trinajstić information content (AvgIpc) is 2.29. The van der Waals surface area contributed by atoms with Crippen molar-refractivity contribution < 1.29 is 0 Å². The quantitative estimate of drug-likeness (QED) is 0.823. The van der Waals surface area contributed by atoms with Gasteiger partial charge in [0.15, 0.2) is 0 Å². The highest BCUT2D eigenvalue weighted by Gasteiger charge is 2.17. The predicted octanol–water partition coefficient (Wildman–Crippen LogP) is 2.61. The van der Waals surface area contributed by atoms with E-state index in [1.807, 2.05) is 0 Å². The lowest BCUT2D eigenvalue weighted by atomic mass is 9.86. The molecule has 2 heterocycles. The van der Waals surface area contributed by atoms with Crippen molar-refractivity contribution in [3.8, 4) is 0 Å². The normalized spacial score (nSPS) is 23.2. The maximum Gasteiger partial charge on any atom is -0.00463 e. The van der Waals surface area contributed by atoms with Gasteiger partial charge in [0.2, 0.25) is 0 Å². The molecule has 0 aromatic carbocycles. The number of hydrogen-bond acceptors (Lipinski definition) is 2. The summed E-state index contributed by atoms with van der Waals surface area (Å²) >= 11 is 0. The second-order valence-corrected chi connectivity index (χ2v) is 4.96. The van der Waals surface area contributed by atoms with Gasteiger partial charge in [-0.15, -0.1) is 24.8 Å². The zero-order chi connectivity index (χ0) is 9.64. The average molecular weight is 269 g/mol. The number of nitrogens with one attached hydrogen (secondary N) is 2. The summed E-state index contributed by atoms with van der Waals surface area (Å²) in [5, 5.41) is 6.89. The molecule has 16 heavy (non-hydrogen) atoms. The Labute approximate surface area is 112 Å². The molecule has 2 rings (SSSR count). The van der Waals surface area contributed by atoms with E-state index < -0.39 is 0 Å². The van der Waals surface area contributed by atoms with Gasteiger partial charge in [0.05, 0.1) is 0 Å². The van der Waals surface area contributed by atoms with Crippen LogP contribution < -0.4 is 10.6 Å². The molecule has 0 aromatic rings. The summed E-state index contributed by atoms with van der Waals surface area (Å²) in [6.07, 6.45) is 8.67. The number of piperidine rings is 2. The topological polar surface area (TPSA) is 24.1 Å². The van der Waals surface area contributed by atoms with Crippen molar-refractivity contribution in [3.63, 3.8) is 0 Å². The summed E-state index contributed by atoms with van der Waals surface area (Å²) in [4.78, 5) is 0. The van der Waals surface area contributed by atoms with Gasteiger partial charge in [-0.05, 0) is 63.7 Å². The van der Waals surface area contributed by atoms with Gasteiger partial charge in [-0.25, -0.2) is 0 Å². The fourth-order valence-corrected chi connectivity index (χ4v) is 2.81. The van der Waals surface area contributed by atoms with Crippen LogP contribution in [0, 0.1) is 11.8 Å². The molecule has 2 aliphatic rings. The molecule has 0 amide bonds. The summed E-state index contributed by atoms with van der Waals surface area (Å²) in [6.45, 7) is 5.04. The van der Waals surface area contributed by atoms with E-state index in [0.717, 1.165) is 11.8 Å². The van der Waals surface area contributed by atoms with Crippen LogP contribution in [0.1, 0.15) is 38.5 Å². The van der Waals surface area contributed by atoms with Crippen LogP contribution >= 0.6 is 24.8 Å². The van der Waals surface area contributed by atoms with Crippen molar-refractivity contribution in [1.82, 2.24) is 10.6 Å². The molecule has 0 unspecified atom stereocenters. The molecule has 2 N–H and O–H groups in total. The van der Waals surface area contributed by atoms with E-state index in [1.54, 1.807) is 0 Å². The maximum atomic E-state index is 3.44. The summed E-state index contributed by atoms with van der Waals surface area (Å²) in [5.74, 6) is 2.07. The molecule has 0 spiro atoms. The van der Waals surface area contributed by atoms with E-state index in [1.165, 1.54) is 64.7 Å². The first kappa shape index (κ1) is 16.5. The Morgan fingerprint density at radius 2 is 0.938 bits per heavy atom. The van der Waals surface area contributed by atoms with Crippen LogP contribution in [-0.4, -0.2) is 26.2 Å². The first-order chi connectivity index (χ1) is 6.95. The summed E-state index contributed by atoms with van der Waals surface area (Å²) < 4.78 is 0. The zero-order valence-corrected chi connectivity index (χ0v) is 11.7. The lowest BCUT2D eigenvalue weighted by Crippen LogP contribution is -2.30. The molecule has 0 atom stereocenters. The Balaban J connectivity index is 0.00000112. The molecular weight excluding hydrogens is 243 g/mol. The van der Waals surface area contributed by atoms with E-state index in [4.69, 9.17) is 0 Å². The minimum Gasteiger partial charge on any atom is -0.317 e. The van der Waals surface area contributed by atoms with Gasteiger partial charge in [-0.1, -0.05) is 12.8 Å². The third-order valence-corrected chi connectivity index (χ3v) is 3.90. The van der Waals surface area contributed by atoms with Crippen LogP contribution in [0.3, 0.4) is 0 Å². The second kappa shape index (κ2) is 9.52. The van der Waals surface area contributed by atoms with E-state index in [9.17, 15) is 0 Å². The zero-order valence-electron chi connectivity index (χ0n) is 10.0. The van der Waals surface area contributed by atoms with Crippen molar-refractivity contribution in [2.75, 3.05) is 26.2 Å². The predicted molar refractivity (Wildman–Crippen MR) is 74.9 cm³/mol. The lowest BCUT2D eigenvalue weighted by molar-refractivity contribution is 0.286. The number of rotatable bonds is 3. The van der Waals surface area contributed by atoms with Gasteiger partial charge in [0.1, 0.15) is 0 Å². The van der Waals surface area contributed by atoms with Crippen molar-refractivity contribution >= 4 is 24.8 Å². The first-order valence-corrected chi connectivity index (χ1v) is 6.36. The SMILES string of the molecule is C1CC(CCC2CCNCC2)CCN1.Cl.Cl. The van der Waals surface area contributed by atoms with Crippen molar-refractivity contribution in [2.45, 2.75) is 38.5 Å². The van der Waals surface area contributed by atoms with Gasteiger partial charge in [0, 0.05) is 0 Å². The first-order valence-electron chi connectivity index (χ1n) is 6.36. The fraction of sp³-hybridized carbons (Fsp3) is 1.00. The molecule has 0 radical (unpaired) electrons. The number of hydrogen-bond donors (Lipinski definition) is 2. The van der Waals surface area contributed by atoms with Gasteiger partial charge < -0.3 is 10.6 Å². The van der Waals surface area contributed by atoms with Gasteiger partial charge in [-0.3, -0.25) is 0 Å². The summed E-state index contributed by atoms with van der Waals surface area (Å²) in [5.41, 5.74) is 0. The molecule has 2 saturated heterocycles. The molecule has 4 heteroatoms. The lowest BCUT2D eigenvalue weighted by Gasteiger charge is -2.27. The van der Waals surface area contributed by atoms with Crippen LogP contribution in [0.2, 0.25) is 0 Å². The maximum absolute atomic E-state index is 3.44. The van der Waals surface area contributed by atoms with Gasteiger partial charge in [0.25, 0.3) is 0 Å². The van der Waals surface area contributed by atoms with Crippen LogP contribution in [0.5, 0.6) is 0 Å². The molecule has 0 aliphatic carbocycles. The van der Waals surface area contributed by atoms with Crippen LogP contribution in [0.25, 0.3) is 0 Å². The summed E-state index contributed by atoms with van der Waals surface area (Å²) in [7, 11) is 0. The third-order valence-electron chi connectivity index (χ3n) is 3.90. The highest BCUT2D eigenvalue weighted by Crippen LogP contribution is 2.24. The molecule has 2 nitrogen and oxygen atoms in total. The standard InChI is InChI=1S/C12H24N2.2ClH/c1(11-3-7-13-8-4-11)2-12-5-9-14-10-6-12;;/h11-14H,1-10H2;2*1H. The van der Waals surface area contributed by atoms with Crippen molar-refractivity contribution in [1.29, 1.82) is 0 Å². The monoisotopic (exact) mass is 268 g/mol. The molecule has 2 fully saturated rings. The van der Waals surface area contributed by atoms with Crippen molar-refractivity contribution in [2.24, 2.45) is 11.8 Å². The van der Waals surface area contributed by atoms with E-state index >= 15 is 0 Å². The van der Waals surface area contributed by atoms with Gasteiger partial charge in [-0.2, -0.15) is 0 Å². The molecule has 2 aliphatic heterocycles. The van der Waals surface area contributed by atoms with Crippen LogP contribution in [0.4, 0.5) is 0 Å².